The molecule has 0 unspecified atom stereocenters. The van der Waals surface area contributed by atoms with Crippen LogP contribution in [0.1, 0.15) is 11.1 Å². The summed E-state index contributed by atoms with van der Waals surface area (Å²) in [4.78, 5) is 16.2. The van der Waals surface area contributed by atoms with Crippen LogP contribution in [0.5, 0.6) is 11.5 Å². The van der Waals surface area contributed by atoms with Gasteiger partial charge in [0.2, 0.25) is 0 Å². The van der Waals surface area contributed by atoms with Gasteiger partial charge in [-0.05, 0) is 65.9 Å². The summed E-state index contributed by atoms with van der Waals surface area (Å²) < 4.78 is 24.9. The molecule has 8 heteroatoms. The van der Waals surface area contributed by atoms with Crippen LogP contribution in [0, 0.1) is 5.82 Å². The van der Waals surface area contributed by atoms with Gasteiger partial charge in [0.1, 0.15) is 12.4 Å². The smallest absolute Gasteiger partial charge is 0.270 e. The van der Waals surface area contributed by atoms with Gasteiger partial charge in [0.05, 0.1) is 17.7 Å². The van der Waals surface area contributed by atoms with Crippen molar-refractivity contribution in [3.63, 3.8) is 0 Å². The molecule has 3 aromatic rings. The molecule has 1 aliphatic heterocycles. The van der Waals surface area contributed by atoms with Crippen LogP contribution >= 0.6 is 35.7 Å². The molecule has 3 aromatic carbocycles. The first-order chi connectivity index (χ1) is 16.0. The Morgan fingerprint density at radius 1 is 1.09 bits per heavy atom. The highest BCUT2D eigenvalue weighted by Gasteiger charge is 2.33. The van der Waals surface area contributed by atoms with E-state index in [2.05, 4.69) is 0 Å². The quantitative estimate of drug-likeness (QED) is 0.210. The Hall–Kier alpha value is -2.81. The summed E-state index contributed by atoms with van der Waals surface area (Å²) in [6.45, 7) is 0.282. The van der Waals surface area contributed by atoms with Gasteiger partial charge in [-0.1, -0.05) is 48.2 Å². The van der Waals surface area contributed by atoms with Crippen molar-refractivity contribution in [2.24, 2.45) is 0 Å². The number of thioether (sulfide) groups is 2. The topological polar surface area (TPSA) is 38.8 Å². The lowest BCUT2D eigenvalue weighted by Crippen LogP contribution is -2.27. The summed E-state index contributed by atoms with van der Waals surface area (Å²) in [7, 11) is 1.56. The van der Waals surface area contributed by atoms with E-state index in [1.54, 1.807) is 54.1 Å². The zero-order chi connectivity index (χ0) is 23.4. The number of thiocarbonyl (C=S) groups is 1. The molecule has 168 valence electrons. The minimum absolute atomic E-state index is 0.154. The van der Waals surface area contributed by atoms with Gasteiger partial charge in [0.25, 0.3) is 5.91 Å². The van der Waals surface area contributed by atoms with Gasteiger partial charge >= 0.3 is 0 Å². The molecular formula is C25H20FNO3S3. The molecule has 0 spiro atoms. The minimum atomic E-state index is -0.289. The van der Waals surface area contributed by atoms with E-state index in [1.807, 2.05) is 36.6 Å². The Morgan fingerprint density at radius 2 is 1.88 bits per heavy atom. The van der Waals surface area contributed by atoms with Crippen molar-refractivity contribution in [1.82, 2.24) is 0 Å². The van der Waals surface area contributed by atoms with E-state index >= 15 is 0 Å². The molecule has 4 nitrogen and oxygen atoms in total. The Balaban J connectivity index is 1.52. The molecule has 1 heterocycles. The van der Waals surface area contributed by atoms with Crippen molar-refractivity contribution in [2.45, 2.75) is 11.5 Å². The van der Waals surface area contributed by atoms with Crippen LogP contribution in [0.3, 0.4) is 0 Å². The molecule has 0 aromatic heterocycles. The van der Waals surface area contributed by atoms with Crippen LogP contribution in [0.2, 0.25) is 0 Å². The van der Waals surface area contributed by atoms with Crippen molar-refractivity contribution in [1.29, 1.82) is 0 Å². The zero-order valence-corrected chi connectivity index (χ0v) is 20.4. The predicted octanol–water partition coefficient (Wildman–Crippen LogP) is 6.54. The van der Waals surface area contributed by atoms with E-state index in [9.17, 15) is 9.18 Å². The van der Waals surface area contributed by atoms with Crippen LogP contribution in [0.25, 0.3) is 6.08 Å². The average molecular weight is 498 g/mol. The maximum atomic E-state index is 13.1. The van der Waals surface area contributed by atoms with Crippen LogP contribution in [-0.4, -0.2) is 23.6 Å². The Bertz CT molecular complexity index is 1230. The zero-order valence-electron chi connectivity index (χ0n) is 17.9. The predicted molar refractivity (Wildman–Crippen MR) is 138 cm³/mol. The van der Waals surface area contributed by atoms with Gasteiger partial charge < -0.3 is 9.47 Å². The van der Waals surface area contributed by atoms with Crippen molar-refractivity contribution in [3.05, 3.63) is 88.6 Å². The fraction of sp³-hybridized carbons (Fsp3) is 0.120. The normalized spacial score (nSPS) is 14.8. The highest BCUT2D eigenvalue weighted by atomic mass is 32.2. The van der Waals surface area contributed by atoms with Crippen LogP contribution in [0.15, 0.2) is 76.5 Å². The number of benzene rings is 3. The lowest BCUT2D eigenvalue weighted by Gasteiger charge is -2.15. The third-order valence-electron chi connectivity index (χ3n) is 4.90. The fourth-order valence-corrected chi connectivity index (χ4v) is 4.98. The molecule has 1 fully saturated rings. The van der Waals surface area contributed by atoms with Crippen molar-refractivity contribution in [2.75, 3.05) is 18.3 Å². The Morgan fingerprint density at radius 3 is 2.61 bits per heavy atom. The molecule has 1 aliphatic rings. The minimum Gasteiger partial charge on any atom is -0.493 e. The number of hydrogen-bond donors (Lipinski definition) is 0. The first kappa shape index (κ1) is 23.4. The van der Waals surface area contributed by atoms with E-state index in [-0.39, 0.29) is 18.3 Å². The molecular weight excluding hydrogens is 477 g/mol. The van der Waals surface area contributed by atoms with Gasteiger partial charge in [-0.3, -0.25) is 9.69 Å². The van der Waals surface area contributed by atoms with Crippen LogP contribution < -0.4 is 14.4 Å². The summed E-state index contributed by atoms with van der Waals surface area (Å²) >= 11 is 8.36. The van der Waals surface area contributed by atoms with Crippen LogP contribution in [0.4, 0.5) is 10.1 Å². The van der Waals surface area contributed by atoms with E-state index in [1.165, 1.54) is 23.9 Å². The van der Waals surface area contributed by atoms with Gasteiger partial charge in [-0.2, -0.15) is 0 Å². The van der Waals surface area contributed by atoms with Crippen molar-refractivity contribution < 1.29 is 18.7 Å². The molecule has 4 rings (SSSR count). The molecule has 0 aliphatic carbocycles. The number of ether oxygens (including phenoxy) is 2. The highest BCUT2D eigenvalue weighted by molar-refractivity contribution is 8.27. The molecule has 0 N–H and O–H groups in total. The Kier molecular flexibility index (Phi) is 7.37. The summed E-state index contributed by atoms with van der Waals surface area (Å²) in [6, 6.07) is 19.3. The molecule has 0 atom stereocenters. The van der Waals surface area contributed by atoms with E-state index < -0.39 is 0 Å². The summed E-state index contributed by atoms with van der Waals surface area (Å²) in [5.41, 5.74) is 2.39. The molecule has 0 radical (unpaired) electrons. The lowest BCUT2D eigenvalue weighted by molar-refractivity contribution is -0.113. The number of hydrogen-bond acceptors (Lipinski definition) is 6. The largest absolute Gasteiger partial charge is 0.493 e. The van der Waals surface area contributed by atoms with Gasteiger partial charge in [0, 0.05) is 4.90 Å². The molecule has 0 bridgehead atoms. The molecule has 33 heavy (non-hydrogen) atoms. The molecule has 1 amide bonds. The van der Waals surface area contributed by atoms with Gasteiger partial charge in [0.15, 0.2) is 15.8 Å². The first-order valence-electron chi connectivity index (χ1n) is 9.96. The lowest BCUT2D eigenvalue weighted by atomic mass is 10.1. The van der Waals surface area contributed by atoms with E-state index in [0.29, 0.717) is 20.7 Å². The number of anilines is 1. The second-order valence-corrected chi connectivity index (χ2v) is 9.60. The molecule has 0 saturated carbocycles. The van der Waals surface area contributed by atoms with Crippen LogP contribution in [-0.2, 0) is 11.4 Å². The fourth-order valence-electron chi connectivity index (χ4n) is 3.23. The van der Waals surface area contributed by atoms with Crippen molar-refractivity contribution in [3.8, 4) is 11.5 Å². The second kappa shape index (κ2) is 10.4. The SMILES string of the molecule is COc1cc(/C=C2\SC(=S)N(c3cccc(SC)c3)C2=O)ccc1OCc1ccc(F)cc1. The maximum Gasteiger partial charge on any atom is 0.270 e. The average Bonchev–Trinajstić information content (AvgIpc) is 3.11. The van der Waals surface area contributed by atoms with Crippen molar-refractivity contribution >= 4 is 57.7 Å². The number of carbonyl (C=O) groups is 1. The highest BCUT2D eigenvalue weighted by Crippen LogP contribution is 2.38. The van der Waals surface area contributed by atoms with Gasteiger partial charge in [-0.15, -0.1) is 11.8 Å². The third kappa shape index (κ3) is 5.40. The summed E-state index contributed by atoms with van der Waals surface area (Å²) in [6.07, 6.45) is 3.79. The standard InChI is InChI=1S/C25H20FNO3S3/c1-29-22-12-17(8-11-21(22)30-15-16-6-9-18(26)10-7-16)13-23-24(28)27(25(31)33-23)19-4-3-5-20(14-19)32-2/h3-14H,15H2,1-2H3/b23-13-. The number of amides is 1. The number of carbonyl (C=O) groups excluding carboxylic acids is 1. The number of rotatable bonds is 7. The third-order valence-corrected chi connectivity index (χ3v) is 6.93. The second-order valence-electron chi connectivity index (χ2n) is 7.04. The number of methoxy groups -OCH3 is 1. The van der Waals surface area contributed by atoms with E-state index in [4.69, 9.17) is 21.7 Å². The number of nitrogens with zero attached hydrogens (tertiary/aromatic N) is 1. The summed E-state index contributed by atoms with van der Waals surface area (Å²) in [5.74, 6) is 0.649. The number of halogens is 1. The van der Waals surface area contributed by atoms with E-state index in [0.717, 1.165) is 21.7 Å². The maximum absolute atomic E-state index is 13.1. The first-order valence-corrected chi connectivity index (χ1v) is 12.4. The monoisotopic (exact) mass is 497 g/mol. The summed E-state index contributed by atoms with van der Waals surface area (Å²) in [5, 5.41) is 0. The van der Waals surface area contributed by atoms with Gasteiger partial charge in [-0.25, -0.2) is 4.39 Å². The molecule has 1 saturated heterocycles. The Labute approximate surface area is 205 Å².